The van der Waals surface area contributed by atoms with E-state index in [4.69, 9.17) is 5.10 Å². The Hall–Kier alpha value is -3.49. The van der Waals surface area contributed by atoms with Crippen molar-refractivity contribution in [2.45, 2.75) is 18.9 Å². The number of fused-ring (bicyclic) bond motifs is 1. The molecule has 0 amide bonds. The quantitative estimate of drug-likeness (QED) is 0.479. The molecule has 0 spiro atoms. The lowest BCUT2D eigenvalue weighted by molar-refractivity contribution is 0.102. The second-order valence-electron chi connectivity index (χ2n) is 9.63. The van der Waals surface area contributed by atoms with Crippen molar-refractivity contribution < 1.29 is 0 Å². The molecule has 35 heavy (non-hydrogen) atoms. The van der Waals surface area contributed by atoms with Crippen LogP contribution in [0.2, 0.25) is 0 Å². The Morgan fingerprint density at radius 1 is 0.914 bits per heavy atom. The van der Waals surface area contributed by atoms with Gasteiger partial charge in [0.25, 0.3) is 0 Å². The summed E-state index contributed by atoms with van der Waals surface area (Å²) in [6.45, 7) is 6.97. The molecule has 8 nitrogen and oxygen atoms in total. The molecule has 8 heteroatoms. The SMILES string of the molecule is CN1CCN(C2CCCN(c3ccc(Nc4ncc5ccc(-c6cccnc6)n5n4)cc3)C2)CC1. The van der Waals surface area contributed by atoms with Crippen LogP contribution in [0.25, 0.3) is 16.8 Å². The van der Waals surface area contributed by atoms with Crippen molar-refractivity contribution in [3.8, 4) is 11.3 Å². The number of nitrogens with zero attached hydrogens (tertiary/aromatic N) is 7. The number of hydrogen-bond donors (Lipinski definition) is 1. The van der Waals surface area contributed by atoms with E-state index in [1.54, 1.807) is 6.20 Å². The number of hydrogen-bond acceptors (Lipinski definition) is 7. The molecule has 0 radical (unpaired) electrons. The van der Waals surface area contributed by atoms with Crippen molar-refractivity contribution in [2.24, 2.45) is 0 Å². The Labute approximate surface area is 206 Å². The molecule has 1 unspecified atom stereocenters. The molecule has 2 aliphatic heterocycles. The minimum atomic E-state index is 0.569. The Bertz CT molecular complexity index is 1260. The van der Waals surface area contributed by atoms with E-state index in [2.05, 4.69) is 61.3 Å². The number of likely N-dealkylation sites (N-methyl/N-ethyl adjacent to an activating group) is 1. The average Bonchev–Trinajstić information content (AvgIpc) is 3.33. The topological polar surface area (TPSA) is 64.8 Å². The molecule has 2 saturated heterocycles. The maximum atomic E-state index is 4.73. The smallest absolute Gasteiger partial charge is 0.245 e. The summed E-state index contributed by atoms with van der Waals surface area (Å²) in [5.41, 5.74) is 5.24. The molecular weight excluding hydrogens is 436 g/mol. The largest absolute Gasteiger partial charge is 0.370 e. The molecule has 5 heterocycles. The van der Waals surface area contributed by atoms with Gasteiger partial charge in [-0.15, -0.1) is 5.10 Å². The molecule has 4 aromatic rings. The van der Waals surface area contributed by atoms with E-state index in [9.17, 15) is 0 Å². The minimum absolute atomic E-state index is 0.569. The lowest BCUT2D eigenvalue weighted by Gasteiger charge is -2.43. The first-order valence-electron chi connectivity index (χ1n) is 12.5. The molecular formula is C27H32N8. The van der Waals surface area contributed by atoms with Crippen molar-refractivity contribution in [2.75, 3.05) is 56.5 Å². The molecule has 0 saturated carbocycles. The second-order valence-corrected chi connectivity index (χ2v) is 9.63. The third-order valence-electron chi connectivity index (χ3n) is 7.30. The fourth-order valence-corrected chi connectivity index (χ4v) is 5.25. The third kappa shape index (κ3) is 4.72. The third-order valence-corrected chi connectivity index (χ3v) is 7.30. The highest BCUT2D eigenvalue weighted by Crippen LogP contribution is 2.26. The Kier molecular flexibility index (Phi) is 6.06. The molecule has 2 aliphatic rings. The molecule has 1 N–H and O–H groups in total. The molecule has 180 valence electrons. The highest BCUT2D eigenvalue weighted by Gasteiger charge is 2.27. The zero-order valence-corrected chi connectivity index (χ0v) is 20.2. The maximum Gasteiger partial charge on any atom is 0.245 e. The molecule has 1 atom stereocenters. The summed E-state index contributed by atoms with van der Waals surface area (Å²) in [6.07, 6.45) is 8.03. The van der Waals surface area contributed by atoms with Gasteiger partial charge in [-0.05, 0) is 68.4 Å². The van der Waals surface area contributed by atoms with Gasteiger partial charge < -0.3 is 15.1 Å². The summed E-state index contributed by atoms with van der Waals surface area (Å²) in [6, 6.07) is 17.4. The van der Waals surface area contributed by atoms with Gasteiger partial charge in [-0.3, -0.25) is 9.88 Å². The van der Waals surface area contributed by atoms with Crippen LogP contribution in [0.4, 0.5) is 17.3 Å². The molecule has 0 aliphatic carbocycles. The van der Waals surface area contributed by atoms with Crippen LogP contribution in [0.3, 0.4) is 0 Å². The van der Waals surface area contributed by atoms with Gasteiger partial charge in [0.2, 0.25) is 5.95 Å². The number of aromatic nitrogens is 4. The van der Waals surface area contributed by atoms with Crippen molar-refractivity contribution in [1.29, 1.82) is 0 Å². The number of rotatable bonds is 5. The first kappa shape index (κ1) is 22.0. The summed E-state index contributed by atoms with van der Waals surface area (Å²) in [5.74, 6) is 0.569. The van der Waals surface area contributed by atoms with E-state index in [0.717, 1.165) is 35.6 Å². The van der Waals surface area contributed by atoms with Crippen LogP contribution < -0.4 is 10.2 Å². The predicted molar refractivity (Wildman–Crippen MR) is 140 cm³/mol. The lowest BCUT2D eigenvalue weighted by atomic mass is 10.0. The standard InChI is InChI=1S/C27H32N8/c1-32-14-16-33(17-15-32)25-5-3-13-34(20-25)23-8-6-22(7-9-23)30-27-29-19-24-10-11-26(35(24)31-27)21-4-2-12-28-18-21/h2,4,6-12,18-19,25H,3,5,13-17,20H2,1H3,(H,30,31). The van der Waals surface area contributed by atoms with E-state index < -0.39 is 0 Å². The van der Waals surface area contributed by atoms with Crippen LogP contribution >= 0.6 is 0 Å². The normalized spacial score (nSPS) is 19.8. The number of piperazine rings is 1. The van der Waals surface area contributed by atoms with Gasteiger partial charge in [0.1, 0.15) is 0 Å². The number of benzene rings is 1. The molecule has 2 fully saturated rings. The van der Waals surface area contributed by atoms with Crippen LogP contribution in [-0.4, -0.2) is 81.7 Å². The summed E-state index contributed by atoms with van der Waals surface area (Å²) < 4.78 is 1.91. The van der Waals surface area contributed by atoms with Crippen LogP contribution in [0, 0.1) is 0 Å². The van der Waals surface area contributed by atoms with Gasteiger partial charge in [0.05, 0.1) is 17.4 Å². The van der Waals surface area contributed by atoms with E-state index in [-0.39, 0.29) is 0 Å². The van der Waals surface area contributed by atoms with Crippen molar-refractivity contribution >= 4 is 22.8 Å². The summed E-state index contributed by atoms with van der Waals surface area (Å²) in [4.78, 5) is 16.4. The van der Waals surface area contributed by atoms with Gasteiger partial charge in [0, 0.05) is 74.6 Å². The van der Waals surface area contributed by atoms with Crippen LogP contribution in [0.15, 0.2) is 67.1 Å². The number of piperidine rings is 1. The fourth-order valence-electron chi connectivity index (χ4n) is 5.25. The Balaban J connectivity index is 1.14. The Morgan fingerprint density at radius 2 is 1.77 bits per heavy atom. The number of anilines is 3. The predicted octanol–water partition coefficient (Wildman–Crippen LogP) is 3.75. The molecule has 6 rings (SSSR count). The van der Waals surface area contributed by atoms with Gasteiger partial charge in [-0.25, -0.2) is 9.50 Å². The second kappa shape index (κ2) is 9.64. The van der Waals surface area contributed by atoms with Gasteiger partial charge >= 0.3 is 0 Å². The maximum absolute atomic E-state index is 4.73. The summed E-state index contributed by atoms with van der Waals surface area (Å²) >= 11 is 0. The lowest BCUT2D eigenvalue weighted by Crippen LogP contribution is -2.54. The molecule has 1 aromatic carbocycles. The van der Waals surface area contributed by atoms with Crippen molar-refractivity contribution in [3.63, 3.8) is 0 Å². The van der Waals surface area contributed by atoms with E-state index in [1.807, 2.05) is 41.2 Å². The monoisotopic (exact) mass is 468 g/mol. The first-order chi connectivity index (χ1) is 17.2. The summed E-state index contributed by atoms with van der Waals surface area (Å²) in [7, 11) is 2.22. The number of pyridine rings is 1. The number of nitrogens with one attached hydrogen (secondary N) is 1. The van der Waals surface area contributed by atoms with Crippen LogP contribution in [-0.2, 0) is 0 Å². The fraction of sp³-hybridized carbons (Fsp3) is 0.370. The first-order valence-corrected chi connectivity index (χ1v) is 12.5. The van der Waals surface area contributed by atoms with Gasteiger partial charge in [0.15, 0.2) is 0 Å². The zero-order valence-electron chi connectivity index (χ0n) is 20.2. The Morgan fingerprint density at radius 3 is 2.57 bits per heavy atom. The van der Waals surface area contributed by atoms with Crippen LogP contribution in [0.5, 0.6) is 0 Å². The van der Waals surface area contributed by atoms with Crippen molar-refractivity contribution in [3.05, 3.63) is 67.1 Å². The van der Waals surface area contributed by atoms with E-state index in [1.165, 1.54) is 44.7 Å². The van der Waals surface area contributed by atoms with Crippen LogP contribution in [0.1, 0.15) is 12.8 Å². The van der Waals surface area contributed by atoms with E-state index >= 15 is 0 Å². The van der Waals surface area contributed by atoms with Gasteiger partial charge in [-0.2, -0.15) is 0 Å². The minimum Gasteiger partial charge on any atom is -0.370 e. The van der Waals surface area contributed by atoms with E-state index in [0.29, 0.717) is 12.0 Å². The highest BCUT2D eigenvalue weighted by molar-refractivity contribution is 5.66. The zero-order chi connectivity index (χ0) is 23.6. The average molecular weight is 469 g/mol. The van der Waals surface area contributed by atoms with Crippen molar-refractivity contribution in [1.82, 2.24) is 29.4 Å². The molecule has 3 aromatic heterocycles. The highest BCUT2D eigenvalue weighted by atomic mass is 15.3. The van der Waals surface area contributed by atoms with Gasteiger partial charge in [-0.1, -0.05) is 0 Å². The molecule has 0 bridgehead atoms. The summed E-state index contributed by atoms with van der Waals surface area (Å²) in [5, 5.41) is 8.10.